The van der Waals surface area contributed by atoms with Gasteiger partial charge in [0.25, 0.3) is 0 Å². The molecular formula is C15H23N3O3. The number of amides is 2. The highest BCUT2D eigenvalue weighted by molar-refractivity contribution is 5.85. The quantitative estimate of drug-likeness (QED) is 0.868. The summed E-state index contributed by atoms with van der Waals surface area (Å²) in [5, 5.41) is 2.60. The Morgan fingerprint density at radius 1 is 1.43 bits per heavy atom. The average molecular weight is 293 g/mol. The third-order valence-corrected chi connectivity index (χ3v) is 3.00. The molecule has 1 unspecified atom stereocenters. The molecule has 1 heterocycles. The molecule has 0 radical (unpaired) electrons. The van der Waals surface area contributed by atoms with Gasteiger partial charge in [-0.05, 0) is 24.0 Å². The molecule has 0 saturated carbocycles. The number of aromatic nitrogens is 1. The summed E-state index contributed by atoms with van der Waals surface area (Å²) in [7, 11) is 2.99. The van der Waals surface area contributed by atoms with Crippen molar-refractivity contribution < 1.29 is 14.3 Å². The zero-order valence-electron chi connectivity index (χ0n) is 13.0. The van der Waals surface area contributed by atoms with Crippen molar-refractivity contribution in [3.05, 3.63) is 30.1 Å². The van der Waals surface area contributed by atoms with Crippen LogP contribution in [0.3, 0.4) is 0 Å². The number of methoxy groups -OCH3 is 1. The van der Waals surface area contributed by atoms with E-state index in [0.29, 0.717) is 13.0 Å². The van der Waals surface area contributed by atoms with Crippen LogP contribution in [0.4, 0.5) is 4.79 Å². The van der Waals surface area contributed by atoms with E-state index in [1.54, 1.807) is 24.3 Å². The van der Waals surface area contributed by atoms with Crippen LogP contribution in [0.5, 0.6) is 0 Å². The molecule has 6 nitrogen and oxygen atoms in total. The van der Waals surface area contributed by atoms with Crippen molar-refractivity contribution in [2.45, 2.75) is 32.9 Å². The molecule has 0 bridgehead atoms. The lowest BCUT2D eigenvalue weighted by atomic mass is 10.0. The van der Waals surface area contributed by atoms with Crippen LogP contribution >= 0.6 is 0 Å². The van der Waals surface area contributed by atoms with Gasteiger partial charge < -0.3 is 15.0 Å². The first-order chi connectivity index (χ1) is 9.93. The van der Waals surface area contributed by atoms with Gasteiger partial charge in [-0.25, -0.2) is 4.79 Å². The first-order valence-electron chi connectivity index (χ1n) is 6.92. The predicted molar refractivity (Wildman–Crippen MR) is 79.5 cm³/mol. The van der Waals surface area contributed by atoms with Gasteiger partial charge in [0.15, 0.2) is 0 Å². The van der Waals surface area contributed by atoms with Crippen LogP contribution in [0, 0.1) is 5.92 Å². The Balaban J connectivity index is 2.71. The summed E-state index contributed by atoms with van der Waals surface area (Å²) in [6.07, 6.45) is 3.37. The highest BCUT2D eigenvalue weighted by Crippen LogP contribution is 2.10. The van der Waals surface area contributed by atoms with E-state index < -0.39 is 12.1 Å². The second-order valence-electron chi connectivity index (χ2n) is 5.37. The lowest BCUT2D eigenvalue weighted by Crippen LogP contribution is -2.47. The van der Waals surface area contributed by atoms with Gasteiger partial charge >= 0.3 is 6.09 Å². The van der Waals surface area contributed by atoms with Crippen molar-refractivity contribution in [2.24, 2.45) is 5.92 Å². The van der Waals surface area contributed by atoms with Crippen LogP contribution in [0.2, 0.25) is 0 Å². The maximum absolute atomic E-state index is 12.5. The molecule has 0 saturated heterocycles. The van der Waals surface area contributed by atoms with Crippen molar-refractivity contribution in [3.63, 3.8) is 0 Å². The fourth-order valence-corrected chi connectivity index (χ4v) is 2.00. The molecule has 1 aromatic rings. The summed E-state index contributed by atoms with van der Waals surface area (Å²) in [6.45, 7) is 4.45. The molecular weight excluding hydrogens is 270 g/mol. The Morgan fingerprint density at radius 2 is 2.14 bits per heavy atom. The number of alkyl carbamates (subject to hydrolysis) is 1. The van der Waals surface area contributed by atoms with Crippen molar-refractivity contribution in [1.82, 2.24) is 15.2 Å². The number of pyridine rings is 1. The molecule has 1 rings (SSSR count). The topological polar surface area (TPSA) is 71.5 Å². The third-order valence-electron chi connectivity index (χ3n) is 3.00. The smallest absolute Gasteiger partial charge is 0.407 e. The Hall–Kier alpha value is -2.11. The molecule has 0 aliphatic rings. The largest absolute Gasteiger partial charge is 0.453 e. The highest BCUT2D eigenvalue weighted by atomic mass is 16.5. The summed E-state index contributed by atoms with van der Waals surface area (Å²) < 4.78 is 4.58. The van der Waals surface area contributed by atoms with Gasteiger partial charge in [0.2, 0.25) is 5.91 Å². The fourth-order valence-electron chi connectivity index (χ4n) is 2.00. The number of carbonyl (C=O) groups is 2. The van der Waals surface area contributed by atoms with E-state index in [4.69, 9.17) is 0 Å². The monoisotopic (exact) mass is 293 g/mol. The third kappa shape index (κ3) is 5.81. The normalized spacial score (nSPS) is 11.9. The lowest BCUT2D eigenvalue weighted by Gasteiger charge is -2.25. The Labute approximate surface area is 125 Å². The summed E-state index contributed by atoms with van der Waals surface area (Å²) in [5.41, 5.74) is 0.940. The molecule has 0 spiro atoms. The van der Waals surface area contributed by atoms with Crippen LogP contribution < -0.4 is 5.32 Å². The van der Waals surface area contributed by atoms with Gasteiger partial charge in [-0.2, -0.15) is 0 Å². The number of ether oxygens (including phenoxy) is 1. The van der Waals surface area contributed by atoms with E-state index in [2.05, 4.69) is 15.0 Å². The van der Waals surface area contributed by atoms with Crippen molar-refractivity contribution >= 4 is 12.0 Å². The van der Waals surface area contributed by atoms with E-state index in [9.17, 15) is 9.59 Å². The minimum atomic E-state index is -0.594. The molecule has 1 aromatic heterocycles. The second kappa shape index (κ2) is 8.24. The molecule has 116 valence electrons. The van der Waals surface area contributed by atoms with E-state index in [1.165, 1.54) is 7.11 Å². The number of likely N-dealkylation sites (N-methyl/N-ethyl adjacent to an activating group) is 1. The number of nitrogens with one attached hydrogen (secondary N) is 1. The van der Waals surface area contributed by atoms with Gasteiger partial charge in [0.05, 0.1) is 7.11 Å². The first-order valence-corrected chi connectivity index (χ1v) is 6.92. The van der Waals surface area contributed by atoms with Crippen LogP contribution in [0.1, 0.15) is 25.8 Å². The molecule has 1 N–H and O–H groups in total. The summed E-state index contributed by atoms with van der Waals surface area (Å²) in [6, 6.07) is 3.15. The Kier molecular flexibility index (Phi) is 6.65. The Morgan fingerprint density at radius 3 is 2.67 bits per heavy atom. The van der Waals surface area contributed by atoms with Gasteiger partial charge in [-0.15, -0.1) is 0 Å². The molecule has 0 aliphatic carbocycles. The number of hydrogen-bond donors (Lipinski definition) is 1. The number of rotatable bonds is 6. The molecule has 21 heavy (non-hydrogen) atoms. The van der Waals surface area contributed by atoms with E-state index in [0.717, 1.165) is 5.56 Å². The zero-order valence-corrected chi connectivity index (χ0v) is 13.0. The second-order valence-corrected chi connectivity index (χ2v) is 5.37. The van der Waals surface area contributed by atoms with Crippen molar-refractivity contribution in [1.29, 1.82) is 0 Å². The van der Waals surface area contributed by atoms with Crippen LogP contribution in [0.15, 0.2) is 24.5 Å². The van der Waals surface area contributed by atoms with Gasteiger partial charge in [0.1, 0.15) is 6.04 Å². The van der Waals surface area contributed by atoms with Gasteiger partial charge in [-0.1, -0.05) is 19.9 Å². The van der Waals surface area contributed by atoms with E-state index in [1.807, 2.05) is 26.0 Å². The van der Waals surface area contributed by atoms with Crippen LogP contribution in [0.25, 0.3) is 0 Å². The summed E-state index contributed by atoms with van der Waals surface area (Å²) in [5.74, 6) is 0.140. The molecule has 2 amide bonds. The van der Waals surface area contributed by atoms with Gasteiger partial charge in [0, 0.05) is 26.0 Å². The predicted octanol–water partition coefficient (Wildman–Crippen LogP) is 1.81. The summed E-state index contributed by atoms with van der Waals surface area (Å²) in [4.78, 5) is 29.5. The molecule has 1 atom stereocenters. The molecule has 0 aliphatic heterocycles. The Bertz CT molecular complexity index is 462. The number of carbonyl (C=O) groups excluding carboxylic acids is 2. The fraction of sp³-hybridized carbons (Fsp3) is 0.533. The average Bonchev–Trinajstić information content (AvgIpc) is 2.46. The minimum absolute atomic E-state index is 0.141. The molecule has 0 aromatic carbocycles. The number of nitrogens with zero attached hydrogens (tertiary/aromatic N) is 2. The maximum Gasteiger partial charge on any atom is 0.407 e. The maximum atomic E-state index is 12.5. The van der Waals surface area contributed by atoms with E-state index in [-0.39, 0.29) is 11.8 Å². The lowest BCUT2D eigenvalue weighted by molar-refractivity contribution is -0.133. The SMILES string of the molecule is COC(=O)NC(CC(C)C)C(=O)N(C)Cc1cccnc1. The summed E-state index contributed by atoms with van der Waals surface area (Å²) >= 11 is 0. The number of hydrogen-bond acceptors (Lipinski definition) is 4. The first kappa shape index (κ1) is 16.9. The molecule has 6 heteroatoms. The van der Waals surface area contributed by atoms with Crippen LogP contribution in [-0.4, -0.2) is 42.1 Å². The molecule has 0 fully saturated rings. The van der Waals surface area contributed by atoms with E-state index >= 15 is 0 Å². The standard InChI is InChI=1S/C15H23N3O3/c1-11(2)8-13(17-15(20)21-4)14(19)18(3)10-12-6-5-7-16-9-12/h5-7,9,11,13H,8,10H2,1-4H3,(H,17,20). The van der Waals surface area contributed by atoms with Crippen LogP contribution in [-0.2, 0) is 16.1 Å². The van der Waals surface area contributed by atoms with Crippen molar-refractivity contribution in [2.75, 3.05) is 14.2 Å². The van der Waals surface area contributed by atoms with Gasteiger partial charge in [-0.3, -0.25) is 9.78 Å². The zero-order chi connectivity index (χ0) is 15.8. The minimum Gasteiger partial charge on any atom is -0.453 e. The highest BCUT2D eigenvalue weighted by Gasteiger charge is 2.25. The van der Waals surface area contributed by atoms with Crippen molar-refractivity contribution in [3.8, 4) is 0 Å².